The zero-order valence-electron chi connectivity index (χ0n) is 17.7. The number of sulfonamides is 1. The molecule has 1 unspecified atom stereocenters. The van der Waals surface area contributed by atoms with Gasteiger partial charge in [0.1, 0.15) is 0 Å². The molecule has 0 aliphatic heterocycles. The van der Waals surface area contributed by atoms with Gasteiger partial charge in [0.05, 0.1) is 11.3 Å². The number of benzene rings is 2. The summed E-state index contributed by atoms with van der Waals surface area (Å²) in [4.78, 5) is 23.8. The van der Waals surface area contributed by atoms with Gasteiger partial charge in [-0.15, -0.1) is 0 Å². The van der Waals surface area contributed by atoms with Gasteiger partial charge in [-0.25, -0.2) is 13.1 Å². The van der Waals surface area contributed by atoms with Crippen molar-refractivity contribution in [1.82, 2.24) is 10.0 Å². The number of amides is 1. The molecular formula is C22H30N2O5S. The number of rotatable bonds is 11. The third-order valence-electron chi connectivity index (χ3n) is 4.60. The smallest absolute Gasteiger partial charge is 0.307 e. The highest BCUT2D eigenvalue weighted by molar-refractivity contribution is 7.89. The molecule has 8 heteroatoms. The third kappa shape index (κ3) is 7.76. The molecule has 0 aliphatic rings. The van der Waals surface area contributed by atoms with Crippen LogP contribution in [0.4, 0.5) is 0 Å². The van der Waals surface area contributed by atoms with E-state index in [-0.39, 0.29) is 36.4 Å². The van der Waals surface area contributed by atoms with E-state index >= 15 is 0 Å². The average Bonchev–Trinajstić information content (AvgIpc) is 2.70. The molecule has 164 valence electrons. The SMILES string of the molecule is CC(C)CCC(C)NC(=O)COC(=O)CCNS(=O)(=O)c1ccc2ccccc2c1. The van der Waals surface area contributed by atoms with Crippen LogP contribution in [0, 0.1) is 5.92 Å². The first-order chi connectivity index (χ1) is 14.2. The van der Waals surface area contributed by atoms with Crippen molar-refractivity contribution in [2.75, 3.05) is 13.2 Å². The summed E-state index contributed by atoms with van der Waals surface area (Å²) >= 11 is 0. The topological polar surface area (TPSA) is 102 Å². The summed E-state index contributed by atoms with van der Waals surface area (Å²) in [5.74, 6) is -0.446. The van der Waals surface area contributed by atoms with Gasteiger partial charge in [-0.05, 0) is 48.6 Å². The number of ether oxygens (including phenoxy) is 1. The zero-order chi connectivity index (χ0) is 22.1. The fourth-order valence-corrected chi connectivity index (χ4v) is 3.96. The number of carbonyl (C=O) groups is 2. The zero-order valence-corrected chi connectivity index (χ0v) is 18.5. The number of carbonyl (C=O) groups excluding carboxylic acids is 2. The van der Waals surface area contributed by atoms with Crippen LogP contribution in [0.5, 0.6) is 0 Å². The molecule has 0 saturated heterocycles. The number of esters is 1. The molecule has 0 saturated carbocycles. The molecule has 0 bridgehead atoms. The molecule has 7 nitrogen and oxygen atoms in total. The number of hydrogen-bond acceptors (Lipinski definition) is 5. The van der Waals surface area contributed by atoms with E-state index in [2.05, 4.69) is 23.9 Å². The summed E-state index contributed by atoms with van der Waals surface area (Å²) in [7, 11) is -3.75. The van der Waals surface area contributed by atoms with Crippen LogP contribution in [0.15, 0.2) is 47.4 Å². The van der Waals surface area contributed by atoms with Crippen LogP contribution in [-0.2, 0) is 24.3 Å². The number of hydrogen-bond donors (Lipinski definition) is 2. The van der Waals surface area contributed by atoms with Gasteiger partial charge in [0.25, 0.3) is 5.91 Å². The van der Waals surface area contributed by atoms with E-state index < -0.39 is 16.0 Å². The maximum atomic E-state index is 12.4. The van der Waals surface area contributed by atoms with E-state index in [9.17, 15) is 18.0 Å². The molecule has 1 amide bonds. The summed E-state index contributed by atoms with van der Waals surface area (Å²) in [6, 6.07) is 12.3. The Morgan fingerprint density at radius 1 is 1.00 bits per heavy atom. The maximum absolute atomic E-state index is 12.4. The molecule has 0 fully saturated rings. The molecule has 0 aromatic heterocycles. The van der Waals surface area contributed by atoms with Crippen molar-refractivity contribution >= 4 is 32.7 Å². The van der Waals surface area contributed by atoms with Gasteiger partial charge in [-0.1, -0.05) is 44.2 Å². The molecule has 2 rings (SSSR count). The minimum atomic E-state index is -3.75. The van der Waals surface area contributed by atoms with Gasteiger partial charge in [0.15, 0.2) is 6.61 Å². The normalized spacial score (nSPS) is 12.7. The van der Waals surface area contributed by atoms with Crippen LogP contribution in [0.2, 0.25) is 0 Å². The largest absolute Gasteiger partial charge is 0.456 e. The fraction of sp³-hybridized carbons (Fsp3) is 0.455. The first-order valence-corrected chi connectivity index (χ1v) is 11.6. The van der Waals surface area contributed by atoms with E-state index in [0.29, 0.717) is 5.92 Å². The molecule has 0 aliphatic carbocycles. The van der Waals surface area contributed by atoms with Crippen molar-refractivity contribution in [3.8, 4) is 0 Å². The van der Waals surface area contributed by atoms with Crippen molar-refractivity contribution < 1.29 is 22.7 Å². The van der Waals surface area contributed by atoms with Crippen LogP contribution in [-0.4, -0.2) is 39.5 Å². The van der Waals surface area contributed by atoms with E-state index in [1.807, 2.05) is 31.2 Å². The summed E-state index contributed by atoms with van der Waals surface area (Å²) < 4.78 is 32.2. The van der Waals surface area contributed by atoms with Gasteiger partial charge in [-0.2, -0.15) is 0 Å². The van der Waals surface area contributed by atoms with Crippen molar-refractivity contribution in [1.29, 1.82) is 0 Å². The van der Waals surface area contributed by atoms with Crippen LogP contribution in [0.3, 0.4) is 0 Å². The Morgan fingerprint density at radius 2 is 1.70 bits per heavy atom. The summed E-state index contributed by atoms with van der Waals surface area (Å²) in [6.45, 7) is 5.65. The lowest BCUT2D eigenvalue weighted by Crippen LogP contribution is -2.36. The van der Waals surface area contributed by atoms with Gasteiger partial charge >= 0.3 is 5.97 Å². The Kier molecular flexibility index (Phi) is 8.80. The standard InChI is InChI=1S/C22H30N2O5S/c1-16(2)8-9-17(3)24-21(25)15-29-22(26)12-13-23-30(27,28)20-11-10-18-6-4-5-7-19(18)14-20/h4-7,10-11,14,16-17,23H,8-9,12-13,15H2,1-3H3,(H,24,25). The molecule has 2 aromatic carbocycles. The van der Waals surface area contributed by atoms with Crippen LogP contribution < -0.4 is 10.0 Å². The molecular weight excluding hydrogens is 404 g/mol. The van der Waals surface area contributed by atoms with Crippen molar-refractivity contribution in [2.45, 2.75) is 51.0 Å². The lowest BCUT2D eigenvalue weighted by molar-refractivity contribution is -0.148. The van der Waals surface area contributed by atoms with Gasteiger partial charge in [0.2, 0.25) is 10.0 Å². The summed E-state index contributed by atoms with van der Waals surface area (Å²) in [6.07, 6.45) is 1.69. The minimum absolute atomic E-state index is 0.00682. The Balaban J connectivity index is 1.74. The third-order valence-corrected chi connectivity index (χ3v) is 6.06. The molecule has 2 aromatic rings. The van der Waals surface area contributed by atoms with E-state index in [1.54, 1.807) is 12.1 Å². The Morgan fingerprint density at radius 3 is 2.40 bits per heavy atom. The summed E-state index contributed by atoms with van der Waals surface area (Å²) in [5.41, 5.74) is 0. The predicted octanol–water partition coefficient (Wildman–Crippen LogP) is 2.99. The molecule has 0 radical (unpaired) electrons. The van der Waals surface area contributed by atoms with Crippen LogP contribution >= 0.6 is 0 Å². The molecule has 30 heavy (non-hydrogen) atoms. The van der Waals surface area contributed by atoms with E-state index in [0.717, 1.165) is 23.6 Å². The Labute approximate surface area is 178 Å². The highest BCUT2D eigenvalue weighted by atomic mass is 32.2. The lowest BCUT2D eigenvalue weighted by Gasteiger charge is -2.15. The van der Waals surface area contributed by atoms with Crippen molar-refractivity contribution in [3.05, 3.63) is 42.5 Å². The molecule has 0 spiro atoms. The number of nitrogens with one attached hydrogen (secondary N) is 2. The van der Waals surface area contributed by atoms with Crippen LogP contribution in [0.25, 0.3) is 10.8 Å². The first-order valence-electron chi connectivity index (χ1n) is 10.1. The predicted molar refractivity (Wildman–Crippen MR) is 116 cm³/mol. The van der Waals surface area contributed by atoms with Crippen LogP contribution in [0.1, 0.15) is 40.0 Å². The monoisotopic (exact) mass is 434 g/mol. The second-order valence-electron chi connectivity index (χ2n) is 7.76. The number of fused-ring (bicyclic) bond motifs is 1. The Hall–Kier alpha value is -2.45. The fourth-order valence-electron chi connectivity index (χ4n) is 2.90. The van der Waals surface area contributed by atoms with Gasteiger partial charge < -0.3 is 10.1 Å². The molecule has 0 heterocycles. The highest BCUT2D eigenvalue weighted by Gasteiger charge is 2.16. The van der Waals surface area contributed by atoms with Crippen molar-refractivity contribution in [3.63, 3.8) is 0 Å². The quantitative estimate of drug-likeness (QED) is 0.530. The van der Waals surface area contributed by atoms with Crippen molar-refractivity contribution in [2.24, 2.45) is 5.92 Å². The molecule has 2 N–H and O–H groups in total. The Bertz CT molecular complexity index is 972. The lowest BCUT2D eigenvalue weighted by atomic mass is 10.0. The van der Waals surface area contributed by atoms with Gasteiger partial charge in [0, 0.05) is 12.6 Å². The molecule has 1 atom stereocenters. The second kappa shape index (κ2) is 11.1. The summed E-state index contributed by atoms with van der Waals surface area (Å²) in [5, 5.41) is 4.53. The maximum Gasteiger partial charge on any atom is 0.307 e. The van der Waals surface area contributed by atoms with E-state index in [4.69, 9.17) is 4.74 Å². The van der Waals surface area contributed by atoms with Gasteiger partial charge in [-0.3, -0.25) is 9.59 Å². The first kappa shape index (κ1) is 23.8. The van der Waals surface area contributed by atoms with E-state index in [1.165, 1.54) is 6.07 Å². The average molecular weight is 435 g/mol. The second-order valence-corrected chi connectivity index (χ2v) is 9.52. The highest BCUT2D eigenvalue weighted by Crippen LogP contribution is 2.18. The minimum Gasteiger partial charge on any atom is -0.456 e.